The molecule has 0 atom stereocenters. The molecule has 1 saturated heterocycles. The van der Waals surface area contributed by atoms with Crippen LogP contribution in [0.1, 0.15) is 12.5 Å². The number of nitro groups is 1. The fourth-order valence-corrected chi connectivity index (χ4v) is 1.97. The molecular weight excluding hydrogens is 220 g/mol. The van der Waals surface area contributed by atoms with Crippen molar-refractivity contribution in [2.45, 2.75) is 13.3 Å². The Balaban J connectivity index is 2.31. The number of nitro benzene ring substituents is 1. The lowest BCUT2D eigenvalue weighted by molar-refractivity contribution is -0.384. The number of ether oxygens (including phenoxy) is 1. The van der Waals surface area contributed by atoms with Gasteiger partial charge in [0.2, 0.25) is 0 Å². The molecule has 0 aliphatic carbocycles. The van der Waals surface area contributed by atoms with Gasteiger partial charge in [-0.25, -0.2) is 0 Å². The van der Waals surface area contributed by atoms with Crippen molar-refractivity contribution in [3.8, 4) is 0 Å². The molecule has 5 heteroatoms. The highest BCUT2D eigenvalue weighted by Gasteiger charge is 2.15. The Morgan fingerprint density at radius 1 is 1.35 bits per heavy atom. The third-order valence-corrected chi connectivity index (χ3v) is 2.96. The summed E-state index contributed by atoms with van der Waals surface area (Å²) in [7, 11) is 0. The number of benzene rings is 1. The highest BCUT2D eigenvalue weighted by atomic mass is 16.6. The first kappa shape index (κ1) is 11.9. The highest BCUT2D eigenvalue weighted by Crippen LogP contribution is 2.25. The second-order valence-electron chi connectivity index (χ2n) is 4.07. The standard InChI is InChI=1S/C12H16N2O3/c1-2-10-7-11(9-12(8-10)14(15)16)13-3-5-17-6-4-13/h7-9H,2-6H2,1H3. The molecule has 0 unspecified atom stereocenters. The largest absolute Gasteiger partial charge is 0.378 e. The molecule has 5 nitrogen and oxygen atoms in total. The number of morpholine rings is 1. The van der Waals surface area contributed by atoms with Gasteiger partial charge in [-0.05, 0) is 18.1 Å². The number of aryl methyl sites for hydroxylation is 1. The molecule has 1 aliphatic heterocycles. The summed E-state index contributed by atoms with van der Waals surface area (Å²) in [4.78, 5) is 12.7. The van der Waals surface area contributed by atoms with Gasteiger partial charge in [-0.1, -0.05) is 6.92 Å². The molecule has 1 aliphatic rings. The van der Waals surface area contributed by atoms with E-state index in [1.807, 2.05) is 13.0 Å². The van der Waals surface area contributed by atoms with Crippen LogP contribution in [0.3, 0.4) is 0 Å². The summed E-state index contributed by atoms with van der Waals surface area (Å²) >= 11 is 0. The van der Waals surface area contributed by atoms with E-state index < -0.39 is 0 Å². The van der Waals surface area contributed by atoms with Gasteiger partial charge in [0, 0.05) is 30.9 Å². The molecule has 2 rings (SSSR count). The Hall–Kier alpha value is -1.62. The van der Waals surface area contributed by atoms with Gasteiger partial charge in [-0.3, -0.25) is 10.1 Å². The second-order valence-corrected chi connectivity index (χ2v) is 4.07. The summed E-state index contributed by atoms with van der Waals surface area (Å²) in [6.07, 6.45) is 0.805. The van der Waals surface area contributed by atoms with Gasteiger partial charge in [0.25, 0.3) is 5.69 Å². The molecule has 92 valence electrons. The fourth-order valence-electron chi connectivity index (χ4n) is 1.97. The number of nitrogens with zero attached hydrogens (tertiary/aromatic N) is 2. The van der Waals surface area contributed by atoms with Gasteiger partial charge in [0.15, 0.2) is 0 Å². The SMILES string of the molecule is CCc1cc(N2CCOCC2)cc([N+](=O)[O-])c1. The summed E-state index contributed by atoms with van der Waals surface area (Å²) in [5.41, 5.74) is 2.10. The lowest BCUT2D eigenvalue weighted by atomic mass is 10.1. The van der Waals surface area contributed by atoms with Crippen LogP contribution in [-0.4, -0.2) is 31.2 Å². The van der Waals surface area contributed by atoms with Crippen molar-refractivity contribution in [3.63, 3.8) is 0 Å². The topological polar surface area (TPSA) is 55.6 Å². The predicted octanol–water partition coefficient (Wildman–Crippen LogP) is 1.99. The van der Waals surface area contributed by atoms with Gasteiger partial charge in [0.05, 0.1) is 18.1 Å². The minimum atomic E-state index is -0.330. The van der Waals surface area contributed by atoms with Crippen LogP contribution in [0.15, 0.2) is 18.2 Å². The molecule has 0 bridgehead atoms. The predicted molar refractivity (Wildman–Crippen MR) is 65.5 cm³/mol. The van der Waals surface area contributed by atoms with Crippen LogP contribution in [0.5, 0.6) is 0 Å². The van der Waals surface area contributed by atoms with Crippen molar-refractivity contribution in [1.29, 1.82) is 0 Å². The molecule has 1 aromatic carbocycles. The van der Waals surface area contributed by atoms with Crippen LogP contribution in [-0.2, 0) is 11.2 Å². The molecule has 1 aromatic rings. The zero-order chi connectivity index (χ0) is 12.3. The van der Waals surface area contributed by atoms with Gasteiger partial charge in [-0.15, -0.1) is 0 Å². The van der Waals surface area contributed by atoms with Crippen molar-refractivity contribution < 1.29 is 9.66 Å². The van der Waals surface area contributed by atoms with Crippen molar-refractivity contribution >= 4 is 11.4 Å². The molecule has 0 radical (unpaired) electrons. The lowest BCUT2D eigenvalue weighted by Crippen LogP contribution is -2.36. The van der Waals surface area contributed by atoms with Crippen molar-refractivity contribution in [2.75, 3.05) is 31.2 Å². The summed E-state index contributed by atoms with van der Waals surface area (Å²) in [5, 5.41) is 10.9. The third kappa shape index (κ3) is 2.74. The number of non-ortho nitro benzene ring substituents is 1. The fraction of sp³-hybridized carbons (Fsp3) is 0.500. The first-order valence-electron chi connectivity index (χ1n) is 5.81. The second kappa shape index (κ2) is 5.14. The van der Waals surface area contributed by atoms with Crippen molar-refractivity contribution in [1.82, 2.24) is 0 Å². The van der Waals surface area contributed by atoms with Crippen LogP contribution in [0, 0.1) is 10.1 Å². The zero-order valence-corrected chi connectivity index (χ0v) is 9.89. The van der Waals surface area contributed by atoms with E-state index in [0.29, 0.717) is 13.2 Å². The maximum Gasteiger partial charge on any atom is 0.271 e. The molecule has 1 fully saturated rings. The van der Waals surface area contributed by atoms with Gasteiger partial charge < -0.3 is 9.64 Å². The summed E-state index contributed by atoms with van der Waals surface area (Å²) in [6.45, 7) is 4.96. The maximum absolute atomic E-state index is 10.9. The number of rotatable bonds is 3. The quantitative estimate of drug-likeness (QED) is 0.595. The summed E-state index contributed by atoms with van der Waals surface area (Å²) in [5.74, 6) is 0. The molecule has 0 N–H and O–H groups in total. The van der Waals surface area contributed by atoms with E-state index in [2.05, 4.69) is 4.90 Å². The molecule has 0 spiro atoms. The third-order valence-electron chi connectivity index (χ3n) is 2.96. The number of hydrogen-bond acceptors (Lipinski definition) is 4. The van der Waals surface area contributed by atoms with E-state index in [1.54, 1.807) is 12.1 Å². The van der Waals surface area contributed by atoms with E-state index in [9.17, 15) is 10.1 Å². The molecule has 17 heavy (non-hydrogen) atoms. The monoisotopic (exact) mass is 236 g/mol. The van der Waals surface area contributed by atoms with Gasteiger partial charge in [0.1, 0.15) is 0 Å². The first-order chi connectivity index (χ1) is 8.20. The minimum Gasteiger partial charge on any atom is -0.378 e. The highest BCUT2D eigenvalue weighted by molar-refractivity contribution is 5.56. The van der Waals surface area contributed by atoms with E-state index in [1.165, 1.54) is 0 Å². The lowest BCUT2D eigenvalue weighted by Gasteiger charge is -2.29. The smallest absolute Gasteiger partial charge is 0.271 e. The molecule has 1 heterocycles. The average molecular weight is 236 g/mol. The average Bonchev–Trinajstić information content (AvgIpc) is 2.39. The van der Waals surface area contributed by atoms with Crippen molar-refractivity contribution in [2.24, 2.45) is 0 Å². The van der Waals surface area contributed by atoms with Crippen LogP contribution < -0.4 is 4.90 Å². The Labute approximate surface area is 100 Å². The zero-order valence-electron chi connectivity index (χ0n) is 9.89. The van der Waals surface area contributed by atoms with Crippen LogP contribution in [0.2, 0.25) is 0 Å². The minimum absolute atomic E-state index is 0.172. The Bertz CT molecular complexity index is 414. The normalized spacial score (nSPS) is 15.9. The number of hydrogen-bond donors (Lipinski definition) is 0. The van der Waals surface area contributed by atoms with E-state index in [0.717, 1.165) is 30.8 Å². The summed E-state index contributed by atoms with van der Waals surface area (Å²) < 4.78 is 5.28. The Kier molecular flexibility index (Phi) is 3.58. The Morgan fingerprint density at radius 3 is 2.65 bits per heavy atom. The Morgan fingerprint density at radius 2 is 2.06 bits per heavy atom. The van der Waals surface area contributed by atoms with Crippen molar-refractivity contribution in [3.05, 3.63) is 33.9 Å². The number of anilines is 1. The molecule has 0 saturated carbocycles. The summed E-state index contributed by atoms with van der Waals surface area (Å²) in [6, 6.07) is 5.31. The van der Waals surface area contributed by atoms with E-state index in [4.69, 9.17) is 4.74 Å². The van der Waals surface area contributed by atoms with Crippen LogP contribution >= 0.6 is 0 Å². The molecule has 0 aromatic heterocycles. The van der Waals surface area contributed by atoms with Crippen LogP contribution in [0.25, 0.3) is 0 Å². The van der Waals surface area contributed by atoms with Crippen LogP contribution in [0.4, 0.5) is 11.4 Å². The van der Waals surface area contributed by atoms with E-state index >= 15 is 0 Å². The van der Waals surface area contributed by atoms with E-state index in [-0.39, 0.29) is 10.6 Å². The maximum atomic E-state index is 10.9. The first-order valence-corrected chi connectivity index (χ1v) is 5.81. The molecular formula is C12H16N2O3. The van der Waals surface area contributed by atoms with Gasteiger partial charge in [-0.2, -0.15) is 0 Å². The van der Waals surface area contributed by atoms with Gasteiger partial charge >= 0.3 is 0 Å². The molecule has 0 amide bonds.